The zero-order chi connectivity index (χ0) is 25.4. The van der Waals surface area contributed by atoms with Crippen LogP contribution < -0.4 is 28.6 Å². The first kappa shape index (κ1) is 25.9. The molecule has 0 bridgehead atoms. The smallest absolute Gasteiger partial charge is 0.265 e. The van der Waals surface area contributed by atoms with Crippen LogP contribution in [-0.4, -0.2) is 50.7 Å². The number of halogens is 1. The van der Waals surface area contributed by atoms with E-state index in [1.165, 1.54) is 14.2 Å². The molecule has 0 amide bonds. The first-order valence-corrected chi connectivity index (χ1v) is 11.1. The Kier molecular flexibility index (Phi) is 8.57. The Balaban J connectivity index is 2.02. The zero-order valence-electron chi connectivity index (χ0n) is 21.0. The van der Waals surface area contributed by atoms with Gasteiger partial charge in [0.15, 0.2) is 0 Å². The largest absolute Gasteiger partial charge is 0.497 e. The van der Waals surface area contributed by atoms with Gasteiger partial charge in [-0.15, -0.1) is 0 Å². The normalized spacial score (nSPS) is 11.1. The van der Waals surface area contributed by atoms with Gasteiger partial charge in [-0.25, -0.2) is 4.39 Å². The Morgan fingerprint density at radius 1 is 0.714 bits per heavy atom. The lowest BCUT2D eigenvalue weighted by Crippen LogP contribution is -2.31. The SMILES string of the molecule is COc1ccc(CN(Cc2ccc(OC)cc2)c2nc(OC)c(OC(C)(C)CF)c(OC)n2)cc1. The topological polar surface area (TPSA) is 75.2 Å². The highest BCUT2D eigenvalue weighted by Crippen LogP contribution is 2.38. The molecule has 0 fully saturated rings. The van der Waals surface area contributed by atoms with Gasteiger partial charge in [0.05, 0.1) is 28.4 Å². The van der Waals surface area contributed by atoms with Crippen LogP contribution in [0, 0.1) is 0 Å². The molecule has 3 rings (SSSR count). The molecule has 8 nitrogen and oxygen atoms in total. The van der Waals surface area contributed by atoms with Crippen molar-refractivity contribution in [2.24, 2.45) is 0 Å². The Hall–Kier alpha value is -3.75. The molecule has 35 heavy (non-hydrogen) atoms. The minimum Gasteiger partial charge on any atom is -0.497 e. The molecule has 0 aliphatic rings. The number of anilines is 1. The van der Waals surface area contributed by atoms with Crippen LogP contribution in [0.2, 0.25) is 0 Å². The van der Waals surface area contributed by atoms with Crippen molar-refractivity contribution in [3.05, 3.63) is 59.7 Å². The van der Waals surface area contributed by atoms with Crippen molar-refractivity contribution in [3.63, 3.8) is 0 Å². The summed E-state index contributed by atoms with van der Waals surface area (Å²) in [5.74, 6) is 2.37. The van der Waals surface area contributed by atoms with E-state index in [9.17, 15) is 4.39 Å². The zero-order valence-corrected chi connectivity index (χ0v) is 21.0. The highest BCUT2D eigenvalue weighted by Gasteiger charge is 2.28. The Bertz CT molecular complexity index is 1020. The van der Waals surface area contributed by atoms with Gasteiger partial charge in [0, 0.05) is 13.1 Å². The molecule has 0 radical (unpaired) electrons. The van der Waals surface area contributed by atoms with Crippen molar-refractivity contribution in [3.8, 4) is 29.0 Å². The molecule has 1 aromatic heterocycles. The van der Waals surface area contributed by atoms with Crippen molar-refractivity contribution in [1.29, 1.82) is 0 Å². The molecule has 0 atom stereocenters. The van der Waals surface area contributed by atoms with E-state index in [-0.39, 0.29) is 17.5 Å². The predicted molar refractivity (Wildman–Crippen MR) is 132 cm³/mol. The van der Waals surface area contributed by atoms with Crippen molar-refractivity contribution in [2.75, 3.05) is 40.0 Å². The van der Waals surface area contributed by atoms with Crippen LogP contribution >= 0.6 is 0 Å². The van der Waals surface area contributed by atoms with Crippen LogP contribution in [0.1, 0.15) is 25.0 Å². The predicted octanol–water partition coefficient (Wildman–Crippen LogP) is 4.84. The van der Waals surface area contributed by atoms with Crippen LogP contribution in [0.5, 0.6) is 29.0 Å². The second-order valence-electron chi connectivity index (χ2n) is 8.42. The van der Waals surface area contributed by atoms with E-state index >= 15 is 0 Å². The number of alkyl halides is 1. The summed E-state index contributed by atoms with van der Waals surface area (Å²) in [6.07, 6.45) is 0. The Morgan fingerprint density at radius 3 is 1.49 bits per heavy atom. The summed E-state index contributed by atoms with van der Waals surface area (Å²) in [5, 5.41) is 0. The fourth-order valence-corrected chi connectivity index (χ4v) is 3.31. The average Bonchev–Trinajstić information content (AvgIpc) is 2.89. The van der Waals surface area contributed by atoms with Gasteiger partial charge in [0.25, 0.3) is 11.8 Å². The molecule has 0 spiro atoms. The van der Waals surface area contributed by atoms with Gasteiger partial charge < -0.3 is 28.6 Å². The maximum absolute atomic E-state index is 13.5. The molecule has 0 aliphatic carbocycles. The first-order chi connectivity index (χ1) is 16.8. The molecule has 188 valence electrons. The maximum Gasteiger partial charge on any atom is 0.265 e. The standard InChI is InChI=1S/C26H32FN3O5/c1-26(2,17-27)35-22-23(33-5)28-25(29-24(22)34-6)30(15-18-7-11-20(31-3)12-8-18)16-19-9-13-21(32-4)14-10-19/h7-14H,15-17H2,1-6H3. The minimum absolute atomic E-state index is 0.148. The molecule has 0 saturated carbocycles. The number of ether oxygens (including phenoxy) is 5. The molecule has 0 unspecified atom stereocenters. The van der Waals surface area contributed by atoms with Gasteiger partial charge in [-0.2, -0.15) is 9.97 Å². The van der Waals surface area contributed by atoms with Crippen molar-refractivity contribution < 1.29 is 28.1 Å². The van der Waals surface area contributed by atoms with Gasteiger partial charge in [-0.05, 0) is 49.2 Å². The van der Waals surface area contributed by atoms with Gasteiger partial charge in [-0.3, -0.25) is 0 Å². The molecular formula is C26H32FN3O5. The van der Waals surface area contributed by atoms with Crippen LogP contribution in [0.3, 0.4) is 0 Å². The lowest BCUT2D eigenvalue weighted by atomic mass is 10.1. The van der Waals surface area contributed by atoms with Gasteiger partial charge in [-0.1, -0.05) is 24.3 Å². The van der Waals surface area contributed by atoms with E-state index in [0.29, 0.717) is 19.0 Å². The summed E-state index contributed by atoms with van der Waals surface area (Å²) in [5.41, 5.74) is 0.955. The average molecular weight is 486 g/mol. The minimum atomic E-state index is -1.10. The molecule has 0 N–H and O–H groups in total. The van der Waals surface area contributed by atoms with Crippen molar-refractivity contribution >= 4 is 5.95 Å². The van der Waals surface area contributed by atoms with Crippen molar-refractivity contribution in [1.82, 2.24) is 9.97 Å². The van der Waals surface area contributed by atoms with E-state index in [0.717, 1.165) is 22.6 Å². The summed E-state index contributed by atoms with van der Waals surface area (Å²) in [6, 6.07) is 15.5. The lowest BCUT2D eigenvalue weighted by molar-refractivity contribution is 0.0700. The van der Waals surface area contributed by atoms with Crippen LogP contribution in [0.25, 0.3) is 0 Å². The fourth-order valence-electron chi connectivity index (χ4n) is 3.31. The fraction of sp³-hybridized carbons (Fsp3) is 0.385. The Morgan fingerprint density at radius 2 is 1.14 bits per heavy atom. The third kappa shape index (κ3) is 6.65. The van der Waals surface area contributed by atoms with Gasteiger partial charge in [0.2, 0.25) is 11.7 Å². The maximum atomic E-state index is 13.5. The highest BCUT2D eigenvalue weighted by molar-refractivity contribution is 5.50. The monoisotopic (exact) mass is 485 g/mol. The summed E-state index contributed by atoms with van der Waals surface area (Å²) in [6.45, 7) is 3.54. The molecule has 0 saturated heterocycles. The number of benzene rings is 2. The second kappa shape index (κ2) is 11.6. The third-order valence-electron chi connectivity index (χ3n) is 5.23. The number of aromatic nitrogens is 2. The van der Waals surface area contributed by atoms with Crippen LogP contribution in [-0.2, 0) is 13.1 Å². The quantitative estimate of drug-likeness (QED) is 0.361. The number of methoxy groups -OCH3 is 4. The third-order valence-corrected chi connectivity index (χ3v) is 5.23. The second-order valence-corrected chi connectivity index (χ2v) is 8.42. The summed E-state index contributed by atoms with van der Waals surface area (Å²) in [4.78, 5) is 11.2. The van der Waals surface area contributed by atoms with E-state index < -0.39 is 12.3 Å². The summed E-state index contributed by atoms with van der Waals surface area (Å²) >= 11 is 0. The highest BCUT2D eigenvalue weighted by atomic mass is 19.1. The number of rotatable bonds is 12. The molecule has 2 aromatic carbocycles. The van der Waals surface area contributed by atoms with E-state index in [1.54, 1.807) is 28.1 Å². The van der Waals surface area contributed by atoms with Gasteiger partial charge >= 0.3 is 0 Å². The first-order valence-electron chi connectivity index (χ1n) is 11.1. The van der Waals surface area contributed by atoms with Gasteiger partial charge in [0.1, 0.15) is 23.8 Å². The van der Waals surface area contributed by atoms with Crippen LogP contribution in [0.4, 0.5) is 10.3 Å². The summed E-state index contributed by atoms with van der Waals surface area (Å²) in [7, 11) is 6.20. The Labute approximate surface area is 205 Å². The molecule has 1 heterocycles. The van der Waals surface area contributed by atoms with E-state index in [4.69, 9.17) is 23.7 Å². The van der Waals surface area contributed by atoms with Crippen LogP contribution in [0.15, 0.2) is 48.5 Å². The lowest BCUT2D eigenvalue weighted by Gasteiger charge is -2.27. The number of hydrogen-bond acceptors (Lipinski definition) is 8. The van der Waals surface area contributed by atoms with E-state index in [1.807, 2.05) is 53.4 Å². The molecule has 0 aliphatic heterocycles. The van der Waals surface area contributed by atoms with E-state index in [2.05, 4.69) is 9.97 Å². The number of nitrogens with zero attached hydrogens (tertiary/aromatic N) is 3. The number of hydrogen-bond donors (Lipinski definition) is 0. The summed E-state index contributed by atoms with van der Waals surface area (Å²) < 4.78 is 40.8. The molecule has 9 heteroatoms. The van der Waals surface area contributed by atoms with Crippen molar-refractivity contribution in [2.45, 2.75) is 32.5 Å². The molecular weight excluding hydrogens is 453 g/mol. The molecule has 3 aromatic rings.